The second kappa shape index (κ2) is 8.59. The van der Waals surface area contributed by atoms with Crippen molar-refractivity contribution in [2.75, 3.05) is 6.54 Å². The van der Waals surface area contributed by atoms with E-state index < -0.39 is 39.1 Å². The van der Waals surface area contributed by atoms with Crippen molar-refractivity contribution in [3.8, 4) is 5.82 Å². The molecular formula is C17H15F3N6O3S. The van der Waals surface area contributed by atoms with Gasteiger partial charge in [-0.1, -0.05) is 12.1 Å². The van der Waals surface area contributed by atoms with Gasteiger partial charge in [-0.25, -0.2) is 27.8 Å². The van der Waals surface area contributed by atoms with Crippen LogP contribution in [-0.4, -0.2) is 40.6 Å². The third-order valence-electron chi connectivity index (χ3n) is 3.85. The van der Waals surface area contributed by atoms with Crippen LogP contribution < -0.4 is 10.0 Å². The molecule has 0 radical (unpaired) electrons. The molecule has 1 aromatic carbocycles. The van der Waals surface area contributed by atoms with E-state index in [1.807, 2.05) is 4.72 Å². The van der Waals surface area contributed by atoms with Gasteiger partial charge in [-0.3, -0.25) is 4.79 Å². The summed E-state index contributed by atoms with van der Waals surface area (Å²) in [6.45, 7) is -0.558. The zero-order chi connectivity index (χ0) is 21.8. The number of benzene rings is 1. The Bertz CT molecular complexity index is 1120. The second-order valence-electron chi connectivity index (χ2n) is 5.99. The van der Waals surface area contributed by atoms with E-state index in [9.17, 15) is 26.4 Å². The number of hydrogen-bond donors (Lipinski definition) is 2. The van der Waals surface area contributed by atoms with Crippen LogP contribution in [0.2, 0.25) is 0 Å². The molecule has 2 heterocycles. The summed E-state index contributed by atoms with van der Waals surface area (Å²) in [5, 5.41) is 6.42. The van der Waals surface area contributed by atoms with Crippen molar-refractivity contribution in [2.45, 2.75) is 17.6 Å². The average molecular weight is 440 g/mol. The molecule has 0 bridgehead atoms. The average Bonchev–Trinajstić information content (AvgIpc) is 3.25. The Labute approximate surface area is 169 Å². The fraction of sp³-hybridized carbons (Fsp3) is 0.176. The first-order valence-corrected chi connectivity index (χ1v) is 9.87. The molecule has 9 nitrogen and oxygen atoms in total. The Morgan fingerprint density at radius 2 is 1.97 bits per heavy atom. The van der Waals surface area contributed by atoms with E-state index in [2.05, 4.69) is 20.4 Å². The quantitative estimate of drug-likeness (QED) is 0.571. The molecule has 0 fully saturated rings. The lowest BCUT2D eigenvalue weighted by Crippen LogP contribution is -2.36. The highest BCUT2D eigenvalue weighted by molar-refractivity contribution is 7.89. The Morgan fingerprint density at radius 3 is 2.60 bits per heavy atom. The molecule has 0 aliphatic carbocycles. The fourth-order valence-electron chi connectivity index (χ4n) is 2.33. The lowest BCUT2D eigenvalue weighted by Gasteiger charge is -2.10. The molecule has 0 saturated heterocycles. The van der Waals surface area contributed by atoms with Gasteiger partial charge in [0.1, 0.15) is 12.7 Å². The van der Waals surface area contributed by atoms with Crippen molar-refractivity contribution in [3.05, 3.63) is 66.4 Å². The Balaban J connectivity index is 1.54. The van der Waals surface area contributed by atoms with Gasteiger partial charge >= 0.3 is 6.18 Å². The Morgan fingerprint density at radius 1 is 1.17 bits per heavy atom. The number of hydrogen-bond acceptors (Lipinski definition) is 6. The fourth-order valence-corrected chi connectivity index (χ4v) is 3.36. The predicted molar refractivity (Wildman–Crippen MR) is 97.6 cm³/mol. The molecule has 2 aromatic heterocycles. The van der Waals surface area contributed by atoms with E-state index in [0.717, 1.165) is 18.2 Å². The van der Waals surface area contributed by atoms with Crippen LogP contribution in [0.4, 0.5) is 13.2 Å². The number of carbonyl (C=O) groups excluding carboxylic acids is 1. The lowest BCUT2D eigenvalue weighted by atomic mass is 10.2. The highest BCUT2D eigenvalue weighted by atomic mass is 32.2. The highest BCUT2D eigenvalue weighted by Crippen LogP contribution is 2.30. The minimum Gasteiger partial charge on any atom is -0.351 e. The maximum absolute atomic E-state index is 12.7. The Hall–Kier alpha value is -3.32. The van der Waals surface area contributed by atoms with Crippen LogP contribution in [0.5, 0.6) is 0 Å². The van der Waals surface area contributed by atoms with Crippen LogP contribution in [0.25, 0.3) is 5.82 Å². The van der Waals surface area contributed by atoms with E-state index in [4.69, 9.17) is 0 Å². The maximum atomic E-state index is 12.7. The van der Waals surface area contributed by atoms with E-state index in [0.29, 0.717) is 17.4 Å². The van der Waals surface area contributed by atoms with E-state index in [1.54, 1.807) is 12.1 Å². The highest BCUT2D eigenvalue weighted by Gasteiger charge is 2.31. The third kappa shape index (κ3) is 5.39. The van der Waals surface area contributed by atoms with E-state index in [-0.39, 0.29) is 6.54 Å². The molecule has 0 aliphatic rings. The number of rotatable bonds is 7. The van der Waals surface area contributed by atoms with Gasteiger partial charge in [0, 0.05) is 12.7 Å². The number of alkyl halides is 3. The minimum absolute atomic E-state index is 0.0781. The maximum Gasteiger partial charge on any atom is 0.416 e. The van der Waals surface area contributed by atoms with Crippen LogP contribution >= 0.6 is 0 Å². The van der Waals surface area contributed by atoms with Gasteiger partial charge in [0.05, 0.1) is 17.0 Å². The lowest BCUT2D eigenvalue weighted by molar-refractivity contribution is -0.137. The molecule has 2 N–H and O–H groups in total. The second-order valence-corrected chi connectivity index (χ2v) is 7.76. The molecule has 0 aliphatic heterocycles. The van der Waals surface area contributed by atoms with E-state index >= 15 is 0 Å². The molecule has 0 spiro atoms. The number of carbonyl (C=O) groups is 1. The first-order chi connectivity index (χ1) is 14.1. The standard InChI is InChI=1S/C17H15F3N6O3S/c18-17(19,20)13-2-1-3-14(6-13)30(28,29)25-9-16(27)23-8-12-4-5-15(22-7-12)26-11-21-10-24-26/h1-7,10-11,25H,8-9H2,(H,23,27). The summed E-state index contributed by atoms with van der Waals surface area (Å²) in [5.41, 5.74) is -0.454. The normalized spacial score (nSPS) is 12.0. The largest absolute Gasteiger partial charge is 0.416 e. The predicted octanol–water partition coefficient (Wildman–Crippen LogP) is 1.28. The summed E-state index contributed by atoms with van der Waals surface area (Å²) in [7, 11) is -4.29. The van der Waals surface area contributed by atoms with Crippen LogP contribution in [0.15, 0.2) is 60.1 Å². The third-order valence-corrected chi connectivity index (χ3v) is 5.25. The number of amides is 1. The molecule has 0 atom stereocenters. The molecule has 1 amide bonds. The van der Waals surface area contributed by atoms with Gasteiger partial charge in [-0.05, 0) is 29.8 Å². The summed E-state index contributed by atoms with van der Waals surface area (Å²) in [6, 6.07) is 6.60. The summed E-state index contributed by atoms with van der Waals surface area (Å²) < 4.78 is 66.0. The zero-order valence-corrected chi connectivity index (χ0v) is 16.0. The van der Waals surface area contributed by atoms with Gasteiger partial charge in [-0.2, -0.15) is 18.3 Å². The molecule has 0 unspecified atom stereocenters. The van der Waals surface area contributed by atoms with Gasteiger partial charge < -0.3 is 5.32 Å². The van der Waals surface area contributed by atoms with Crippen molar-refractivity contribution in [3.63, 3.8) is 0 Å². The molecule has 158 valence electrons. The number of sulfonamides is 1. The molecule has 3 rings (SSSR count). The topological polar surface area (TPSA) is 119 Å². The zero-order valence-electron chi connectivity index (χ0n) is 15.2. The summed E-state index contributed by atoms with van der Waals surface area (Å²) in [4.78, 5) is 19.3. The van der Waals surface area contributed by atoms with Crippen LogP contribution in [0.1, 0.15) is 11.1 Å². The van der Waals surface area contributed by atoms with Crippen molar-refractivity contribution >= 4 is 15.9 Å². The Kier molecular flexibility index (Phi) is 6.12. The molecule has 13 heteroatoms. The SMILES string of the molecule is O=C(CNS(=O)(=O)c1cccc(C(F)(F)F)c1)NCc1ccc(-n2cncn2)nc1. The number of aromatic nitrogens is 4. The number of halogens is 3. The summed E-state index contributed by atoms with van der Waals surface area (Å²) >= 11 is 0. The van der Waals surface area contributed by atoms with Crippen LogP contribution in [0, 0.1) is 0 Å². The van der Waals surface area contributed by atoms with Crippen molar-refractivity contribution < 1.29 is 26.4 Å². The first-order valence-electron chi connectivity index (χ1n) is 8.39. The summed E-state index contributed by atoms with van der Waals surface area (Å²) in [6.07, 6.45) is -0.346. The van der Waals surface area contributed by atoms with Crippen molar-refractivity contribution in [1.29, 1.82) is 0 Å². The summed E-state index contributed by atoms with van der Waals surface area (Å²) in [5.74, 6) is -0.137. The molecule has 3 aromatic rings. The van der Waals surface area contributed by atoms with Gasteiger partial charge in [0.2, 0.25) is 15.9 Å². The monoisotopic (exact) mass is 440 g/mol. The number of pyridine rings is 1. The van der Waals surface area contributed by atoms with Crippen LogP contribution in [-0.2, 0) is 27.5 Å². The van der Waals surface area contributed by atoms with Gasteiger partial charge in [-0.15, -0.1) is 0 Å². The smallest absolute Gasteiger partial charge is 0.351 e. The van der Waals surface area contributed by atoms with Crippen LogP contribution in [0.3, 0.4) is 0 Å². The van der Waals surface area contributed by atoms with E-state index in [1.165, 1.54) is 23.5 Å². The van der Waals surface area contributed by atoms with Gasteiger partial charge in [0.25, 0.3) is 0 Å². The molecular weight excluding hydrogens is 425 g/mol. The van der Waals surface area contributed by atoms with Crippen molar-refractivity contribution in [1.82, 2.24) is 29.8 Å². The van der Waals surface area contributed by atoms with Gasteiger partial charge in [0.15, 0.2) is 5.82 Å². The molecule has 30 heavy (non-hydrogen) atoms. The number of nitrogens with one attached hydrogen (secondary N) is 2. The minimum atomic E-state index is -4.68. The number of nitrogens with zero attached hydrogens (tertiary/aromatic N) is 4. The first kappa shape index (κ1) is 21.4. The van der Waals surface area contributed by atoms with Crippen molar-refractivity contribution in [2.24, 2.45) is 0 Å². The molecule has 0 saturated carbocycles.